The highest BCUT2D eigenvalue weighted by molar-refractivity contribution is 7.89. The second kappa shape index (κ2) is 5.83. The van der Waals surface area contributed by atoms with Crippen LogP contribution in [0.4, 0.5) is 0 Å². The average Bonchev–Trinajstić information content (AvgIpc) is 2.35. The van der Waals surface area contributed by atoms with Gasteiger partial charge < -0.3 is 9.84 Å². The third-order valence-corrected chi connectivity index (χ3v) is 4.29. The third-order valence-electron chi connectivity index (χ3n) is 2.34. The minimum absolute atomic E-state index is 0.148. The summed E-state index contributed by atoms with van der Waals surface area (Å²) in [5.74, 6) is -0.770. The van der Waals surface area contributed by atoms with Crippen LogP contribution in [-0.2, 0) is 14.8 Å². The average molecular weight is 273 g/mol. The van der Waals surface area contributed by atoms with E-state index in [4.69, 9.17) is 9.84 Å². The summed E-state index contributed by atoms with van der Waals surface area (Å²) >= 11 is 0. The molecule has 1 rings (SSSR count). The zero-order valence-electron chi connectivity index (χ0n) is 10.2. The van der Waals surface area contributed by atoms with Crippen LogP contribution in [0.3, 0.4) is 0 Å². The lowest BCUT2D eigenvalue weighted by Crippen LogP contribution is -2.26. The van der Waals surface area contributed by atoms with Crippen LogP contribution in [0.1, 0.15) is 6.92 Å². The number of ether oxygens (including phenoxy) is 1. The highest BCUT2D eigenvalue weighted by atomic mass is 32.2. The maximum atomic E-state index is 11.9. The summed E-state index contributed by atoms with van der Waals surface area (Å²) in [5.41, 5.74) is 0. The van der Waals surface area contributed by atoms with Crippen molar-refractivity contribution in [3.63, 3.8) is 0 Å². The van der Waals surface area contributed by atoms with E-state index < -0.39 is 22.6 Å². The standard InChI is InChI=1S/C11H15NO5S/c1-3-12(2)18(15,16)10-6-4-9(5-7-10)17-8-11(13)14/h4-7H,3,8H2,1-2H3,(H,13,14). The van der Waals surface area contributed by atoms with E-state index in [1.165, 1.54) is 35.6 Å². The monoisotopic (exact) mass is 273 g/mol. The number of sulfonamides is 1. The fourth-order valence-electron chi connectivity index (χ4n) is 1.20. The molecule has 1 aromatic rings. The molecule has 0 atom stereocenters. The van der Waals surface area contributed by atoms with Gasteiger partial charge in [0.2, 0.25) is 10.0 Å². The number of rotatable bonds is 6. The van der Waals surface area contributed by atoms with Gasteiger partial charge in [-0.1, -0.05) is 6.92 Å². The summed E-state index contributed by atoms with van der Waals surface area (Å²) in [6.07, 6.45) is 0. The first kappa shape index (κ1) is 14.5. The Morgan fingerprint density at radius 3 is 2.33 bits per heavy atom. The maximum absolute atomic E-state index is 11.9. The molecule has 1 N–H and O–H groups in total. The number of aliphatic carboxylic acids is 1. The van der Waals surface area contributed by atoms with Gasteiger partial charge in [-0.25, -0.2) is 17.5 Å². The first-order valence-corrected chi connectivity index (χ1v) is 6.73. The molecule has 0 unspecified atom stereocenters. The molecule has 0 spiro atoms. The molecule has 0 aromatic heterocycles. The van der Waals surface area contributed by atoms with Crippen molar-refractivity contribution >= 4 is 16.0 Å². The molecule has 0 saturated heterocycles. The second-order valence-electron chi connectivity index (χ2n) is 3.57. The van der Waals surface area contributed by atoms with Crippen molar-refractivity contribution in [2.45, 2.75) is 11.8 Å². The number of hydrogen-bond acceptors (Lipinski definition) is 4. The van der Waals surface area contributed by atoms with E-state index in [1.807, 2.05) is 0 Å². The summed E-state index contributed by atoms with van der Waals surface area (Å²) in [6.45, 7) is 1.66. The predicted molar refractivity (Wildman–Crippen MR) is 65.1 cm³/mol. The maximum Gasteiger partial charge on any atom is 0.341 e. The van der Waals surface area contributed by atoms with E-state index in [1.54, 1.807) is 6.92 Å². The Hall–Kier alpha value is -1.60. The van der Waals surface area contributed by atoms with Gasteiger partial charge in [-0.15, -0.1) is 0 Å². The normalized spacial score (nSPS) is 11.5. The van der Waals surface area contributed by atoms with Crippen molar-refractivity contribution < 1.29 is 23.1 Å². The van der Waals surface area contributed by atoms with Crippen LogP contribution in [0.2, 0.25) is 0 Å². The highest BCUT2D eigenvalue weighted by Crippen LogP contribution is 2.18. The lowest BCUT2D eigenvalue weighted by molar-refractivity contribution is -0.139. The first-order chi connectivity index (χ1) is 8.37. The topological polar surface area (TPSA) is 83.9 Å². The molecule has 0 radical (unpaired) electrons. The molecule has 0 bridgehead atoms. The zero-order chi connectivity index (χ0) is 13.8. The van der Waals surface area contributed by atoms with E-state index >= 15 is 0 Å². The van der Waals surface area contributed by atoms with Crippen molar-refractivity contribution in [3.05, 3.63) is 24.3 Å². The molecule has 0 heterocycles. The van der Waals surface area contributed by atoms with E-state index in [2.05, 4.69) is 0 Å². The van der Waals surface area contributed by atoms with Gasteiger partial charge in [0, 0.05) is 13.6 Å². The quantitative estimate of drug-likeness (QED) is 0.828. The smallest absolute Gasteiger partial charge is 0.341 e. The van der Waals surface area contributed by atoms with Gasteiger partial charge >= 0.3 is 5.97 Å². The van der Waals surface area contributed by atoms with Gasteiger partial charge in [0.25, 0.3) is 0 Å². The van der Waals surface area contributed by atoms with Crippen LogP contribution in [0.5, 0.6) is 5.75 Å². The van der Waals surface area contributed by atoms with Crippen molar-refractivity contribution in [3.8, 4) is 5.75 Å². The summed E-state index contributed by atoms with van der Waals surface area (Å²) in [4.78, 5) is 10.4. The van der Waals surface area contributed by atoms with Gasteiger partial charge in [0.1, 0.15) is 5.75 Å². The summed E-state index contributed by atoms with van der Waals surface area (Å²) in [7, 11) is -1.99. The fourth-order valence-corrected chi connectivity index (χ4v) is 2.38. The Morgan fingerprint density at radius 1 is 1.33 bits per heavy atom. The summed E-state index contributed by atoms with van der Waals surface area (Å²) in [6, 6.07) is 5.63. The zero-order valence-corrected chi connectivity index (χ0v) is 11.0. The molecule has 0 aliphatic heterocycles. The molecule has 0 aliphatic rings. The molecule has 6 nitrogen and oxygen atoms in total. The lowest BCUT2D eigenvalue weighted by atomic mass is 10.3. The van der Waals surface area contributed by atoms with Gasteiger partial charge in [-0.3, -0.25) is 0 Å². The van der Waals surface area contributed by atoms with Crippen molar-refractivity contribution in [1.29, 1.82) is 0 Å². The first-order valence-electron chi connectivity index (χ1n) is 5.29. The molecule has 7 heteroatoms. The Balaban J connectivity index is 2.86. The molecule has 0 saturated carbocycles. The Morgan fingerprint density at radius 2 is 1.89 bits per heavy atom. The number of nitrogens with zero attached hydrogens (tertiary/aromatic N) is 1. The van der Waals surface area contributed by atoms with Crippen LogP contribution in [0.15, 0.2) is 29.2 Å². The molecule has 0 aliphatic carbocycles. The second-order valence-corrected chi connectivity index (χ2v) is 5.62. The van der Waals surface area contributed by atoms with Gasteiger partial charge in [0.05, 0.1) is 4.90 Å². The van der Waals surface area contributed by atoms with Crippen LogP contribution in [0.25, 0.3) is 0 Å². The number of carboxylic acids is 1. The Bertz CT molecular complexity index is 509. The molecule has 0 fully saturated rings. The molecular weight excluding hydrogens is 258 g/mol. The van der Waals surface area contributed by atoms with E-state index in [0.717, 1.165) is 0 Å². The molecule has 1 aromatic carbocycles. The number of carbonyl (C=O) groups is 1. The van der Waals surface area contributed by atoms with Crippen LogP contribution in [0, 0.1) is 0 Å². The van der Waals surface area contributed by atoms with Gasteiger partial charge in [-0.05, 0) is 24.3 Å². The summed E-state index contributed by atoms with van der Waals surface area (Å²) in [5, 5.41) is 8.44. The van der Waals surface area contributed by atoms with E-state index in [9.17, 15) is 13.2 Å². The summed E-state index contributed by atoms with van der Waals surface area (Å²) < 4.78 is 30.0. The number of hydrogen-bond donors (Lipinski definition) is 1. The van der Waals surface area contributed by atoms with Crippen molar-refractivity contribution in [2.75, 3.05) is 20.2 Å². The minimum Gasteiger partial charge on any atom is -0.482 e. The Labute approximate surface area is 106 Å². The van der Waals surface area contributed by atoms with Crippen LogP contribution in [-0.4, -0.2) is 44.0 Å². The third kappa shape index (κ3) is 3.44. The van der Waals surface area contributed by atoms with Crippen molar-refractivity contribution in [2.24, 2.45) is 0 Å². The minimum atomic E-state index is -3.48. The lowest BCUT2D eigenvalue weighted by Gasteiger charge is -2.14. The largest absolute Gasteiger partial charge is 0.482 e. The molecular formula is C11H15NO5S. The Kier molecular flexibility index (Phi) is 4.69. The van der Waals surface area contributed by atoms with E-state index in [-0.39, 0.29) is 4.90 Å². The molecule has 100 valence electrons. The van der Waals surface area contributed by atoms with Crippen molar-refractivity contribution in [1.82, 2.24) is 4.31 Å². The van der Waals surface area contributed by atoms with E-state index in [0.29, 0.717) is 12.3 Å². The molecule has 0 amide bonds. The van der Waals surface area contributed by atoms with Gasteiger partial charge in [-0.2, -0.15) is 0 Å². The number of carboxylic acid groups (broad SMARTS) is 1. The van der Waals surface area contributed by atoms with Crippen LogP contribution >= 0.6 is 0 Å². The number of benzene rings is 1. The predicted octanol–water partition coefficient (Wildman–Crippen LogP) is 0.790. The SMILES string of the molecule is CCN(C)S(=O)(=O)c1ccc(OCC(=O)O)cc1. The van der Waals surface area contributed by atoms with Crippen LogP contribution < -0.4 is 4.74 Å². The fraction of sp³-hybridized carbons (Fsp3) is 0.364. The highest BCUT2D eigenvalue weighted by Gasteiger charge is 2.18. The molecule has 18 heavy (non-hydrogen) atoms. The van der Waals surface area contributed by atoms with Gasteiger partial charge in [0.15, 0.2) is 6.61 Å².